The molecule has 1 saturated heterocycles. The van der Waals surface area contributed by atoms with Crippen LogP contribution in [-0.2, 0) is 11.2 Å². The Hall–Kier alpha value is -2.17. The van der Waals surface area contributed by atoms with Gasteiger partial charge in [-0.25, -0.2) is 4.98 Å². The minimum absolute atomic E-state index is 0.150. The molecule has 5 heteroatoms. The maximum atomic E-state index is 13.0. The van der Waals surface area contributed by atoms with Crippen molar-refractivity contribution in [2.75, 3.05) is 6.54 Å². The minimum atomic E-state index is 0.150. The van der Waals surface area contributed by atoms with Crippen LogP contribution in [0.15, 0.2) is 53.9 Å². The van der Waals surface area contributed by atoms with Crippen molar-refractivity contribution >= 4 is 28.8 Å². The monoisotopic (exact) mass is 396 g/mol. The van der Waals surface area contributed by atoms with Crippen molar-refractivity contribution in [3.8, 4) is 10.6 Å². The zero-order chi connectivity index (χ0) is 18.8. The third kappa shape index (κ3) is 3.78. The smallest absolute Gasteiger partial charge is 0.229 e. The Morgan fingerprint density at radius 2 is 2.00 bits per heavy atom. The highest BCUT2D eigenvalue weighted by atomic mass is 35.5. The van der Waals surface area contributed by atoms with E-state index in [0.29, 0.717) is 11.4 Å². The van der Waals surface area contributed by atoms with E-state index >= 15 is 0 Å². The van der Waals surface area contributed by atoms with Crippen LogP contribution in [0.1, 0.15) is 35.7 Å². The molecule has 3 aromatic rings. The van der Waals surface area contributed by atoms with E-state index in [1.807, 2.05) is 40.6 Å². The van der Waals surface area contributed by atoms with Gasteiger partial charge in [0.1, 0.15) is 5.01 Å². The molecular weight excluding hydrogens is 376 g/mol. The van der Waals surface area contributed by atoms with Crippen molar-refractivity contribution in [3.05, 3.63) is 75.8 Å². The van der Waals surface area contributed by atoms with E-state index in [1.165, 1.54) is 22.5 Å². The van der Waals surface area contributed by atoms with E-state index in [1.54, 1.807) is 0 Å². The van der Waals surface area contributed by atoms with Crippen LogP contribution < -0.4 is 0 Å². The summed E-state index contributed by atoms with van der Waals surface area (Å²) in [6.45, 7) is 2.94. The normalized spacial score (nSPS) is 16.7. The first kappa shape index (κ1) is 18.2. The lowest BCUT2D eigenvalue weighted by atomic mass is 9.99. The molecule has 1 atom stereocenters. The molecule has 1 aliphatic heterocycles. The quantitative estimate of drug-likeness (QED) is 0.568. The van der Waals surface area contributed by atoms with Crippen molar-refractivity contribution in [1.82, 2.24) is 9.88 Å². The average molecular weight is 397 g/mol. The summed E-state index contributed by atoms with van der Waals surface area (Å²) < 4.78 is 0. The van der Waals surface area contributed by atoms with Gasteiger partial charge in [0.05, 0.1) is 23.2 Å². The first-order valence-corrected chi connectivity index (χ1v) is 10.4. The fourth-order valence-corrected chi connectivity index (χ4v) is 4.89. The average Bonchev–Trinajstić information content (AvgIpc) is 3.32. The third-order valence-corrected chi connectivity index (χ3v) is 6.36. The molecule has 0 aliphatic carbocycles. The lowest BCUT2D eigenvalue weighted by molar-refractivity contribution is -0.131. The SMILES string of the molecule is Cc1ccccc1C1CCCN1C(=O)Cc1csc(-c2ccccc2Cl)n1. The van der Waals surface area contributed by atoms with Crippen LogP contribution in [0.4, 0.5) is 0 Å². The molecule has 0 saturated carbocycles. The van der Waals surface area contributed by atoms with Crippen molar-refractivity contribution < 1.29 is 4.79 Å². The van der Waals surface area contributed by atoms with Crippen LogP contribution in [0.2, 0.25) is 5.02 Å². The van der Waals surface area contributed by atoms with Crippen molar-refractivity contribution in [1.29, 1.82) is 0 Å². The van der Waals surface area contributed by atoms with Crippen LogP contribution in [0.3, 0.4) is 0 Å². The Kier molecular flexibility index (Phi) is 5.28. The zero-order valence-electron chi connectivity index (χ0n) is 15.2. The Morgan fingerprint density at radius 3 is 2.81 bits per heavy atom. The highest BCUT2D eigenvalue weighted by molar-refractivity contribution is 7.13. The summed E-state index contributed by atoms with van der Waals surface area (Å²) in [6, 6.07) is 16.2. The second kappa shape index (κ2) is 7.83. The third-order valence-electron chi connectivity index (χ3n) is 5.11. The van der Waals surface area contributed by atoms with E-state index in [-0.39, 0.29) is 11.9 Å². The van der Waals surface area contributed by atoms with Gasteiger partial charge in [-0.3, -0.25) is 4.79 Å². The standard InChI is InChI=1S/C22H21ClN2OS/c1-15-7-2-3-8-17(15)20-11-6-12-25(20)21(26)13-16-14-27-22(24-16)18-9-4-5-10-19(18)23/h2-5,7-10,14,20H,6,11-13H2,1H3. The number of halogens is 1. The first-order valence-electron chi connectivity index (χ1n) is 9.18. The van der Waals surface area contributed by atoms with Crippen molar-refractivity contribution in [2.45, 2.75) is 32.2 Å². The number of hydrogen-bond acceptors (Lipinski definition) is 3. The van der Waals surface area contributed by atoms with Gasteiger partial charge < -0.3 is 4.90 Å². The summed E-state index contributed by atoms with van der Waals surface area (Å²) in [5, 5.41) is 3.51. The Labute approximate surface area is 168 Å². The molecule has 0 spiro atoms. The van der Waals surface area contributed by atoms with Gasteiger partial charge >= 0.3 is 0 Å². The second-order valence-corrected chi connectivity index (χ2v) is 8.17. The summed E-state index contributed by atoms with van der Waals surface area (Å²) in [7, 11) is 0. The largest absolute Gasteiger partial charge is 0.335 e. The molecule has 0 N–H and O–H groups in total. The predicted molar refractivity (Wildman–Crippen MR) is 111 cm³/mol. The fourth-order valence-electron chi connectivity index (χ4n) is 3.75. The van der Waals surface area contributed by atoms with Crippen molar-refractivity contribution in [3.63, 3.8) is 0 Å². The maximum absolute atomic E-state index is 13.0. The first-order chi connectivity index (χ1) is 13.1. The molecule has 3 nitrogen and oxygen atoms in total. The van der Waals surface area contributed by atoms with E-state index in [4.69, 9.17) is 11.6 Å². The number of nitrogens with zero attached hydrogens (tertiary/aromatic N) is 2. The predicted octanol–water partition coefficient (Wildman–Crippen LogP) is 5.68. The number of aromatic nitrogens is 1. The van der Waals surface area contributed by atoms with E-state index < -0.39 is 0 Å². The fraction of sp³-hybridized carbons (Fsp3) is 0.273. The van der Waals surface area contributed by atoms with Crippen LogP contribution in [0.5, 0.6) is 0 Å². The molecule has 2 heterocycles. The molecule has 1 fully saturated rings. The minimum Gasteiger partial charge on any atom is -0.335 e. The molecule has 1 unspecified atom stereocenters. The van der Waals surface area contributed by atoms with Gasteiger partial charge in [0.15, 0.2) is 0 Å². The van der Waals surface area contributed by atoms with Crippen LogP contribution >= 0.6 is 22.9 Å². The maximum Gasteiger partial charge on any atom is 0.229 e. The van der Waals surface area contributed by atoms with Gasteiger partial charge in [-0.1, -0.05) is 54.1 Å². The topological polar surface area (TPSA) is 33.2 Å². The summed E-state index contributed by atoms with van der Waals surface area (Å²) in [4.78, 5) is 19.7. The number of aryl methyl sites for hydroxylation is 1. The molecule has 138 valence electrons. The number of amides is 1. The van der Waals surface area contributed by atoms with Gasteiger partial charge in [-0.2, -0.15) is 0 Å². The molecule has 1 aromatic heterocycles. The molecule has 1 amide bonds. The molecule has 0 bridgehead atoms. The number of rotatable bonds is 4. The number of likely N-dealkylation sites (tertiary alicyclic amines) is 1. The van der Waals surface area contributed by atoms with Gasteiger partial charge in [0.2, 0.25) is 5.91 Å². The summed E-state index contributed by atoms with van der Waals surface area (Å²) in [6.07, 6.45) is 2.41. The highest BCUT2D eigenvalue weighted by Crippen LogP contribution is 2.35. The number of thiazole rings is 1. The van der Waals surface area contributed by atoms with E-state index in [0.717, 1.165) is 35.7 Å². The molecule has 27 heavy (non-hydrogen) atoms. The molecular formula is C22H21ClN2OS. The molecule has 2 aromatic carbocycles. The van der Waals surface area contributed by atoms with Crippen molar-refractivity contribution in [2.24, 2.45) is 0 Å². The summed E-state index contributed by atoms with van der Waals surface area (Å²) >= 11 is 7.81. The lowest BCUT2D eigenvalue weighted by Gasteiger charge is -2.26. The Balaban J connectivity index is 1.51. The molecule has 1 aliphatic rings. The van der Waals surface area contributed by atoms with Crippen LogP contribution in [0.25, 0.3) is 10.6 Å². The van der Waals surface area contributed by atoms with Gasteiger partial charge in [0, 0.05) is 17.5 Å². The Morgan fingerprint density at radius 1 is 1.22 bits per heavy atom. The van der Waals surface area contributed by atoms with Crippen LogP contribution in [0, 0.1) is 6.92 Å². The number of carbonyl (C=O) groups is 1. The molecule has 0 radical (unpaired) electrons. The van der Waals surface area contributed by atoms with Gasteiger partial charge in [0.25, 0.3) is 0 Å². The van der Waals surface area contributed by atoms with Crippen LogP contribution in [-0.4, -0.2) is 22.3 Å². The highest BCUT2D eigenvalue weighted by Gasteiger charge is 2.30. The number of benzene rings is 2. The number of carbonyl (C=O) groups excluding carboxylic acids is 1. The van der Waals surface area contributed by atoms with E-state index in [9.17, 15) is 4.79 Å². The van der Waals surface area contributed by atoms with Gasteiger partial charge in [-0.15, -0.1) is 11.3 Å². The number of hydrogen-bond donors (Lipinski definition) is 0. The summed E-state index contributed by atoms with van der Waals surface area (Å²) in [5.41, 5.74) is 4.24. The van der Waals surface area contributed by atoms with E-state index in [2.05, 4.69) is 30.1 Å². The Bertz CT molecular complexity index is 968. The second-order valence-electron chi connectivity index (χ2n) is 6.90. The zero-order valence-corrected chi connectivity index (χ0v) is 16.8. The molecule has 4 rings (SSSR count). The lowest BCUT2D eigenvalue weighted by Crippen LogP contribution is -2.32. The van der Waals surface area contributed by atoms with Gasteiger partial charge in [-0.05, 0) is 37.0 Å². The summed E-state index contributed by atoms with van der Waals surface area (Å²) in [5.74, 6) is 0.150.